The van der Waals surface area contributed by atoms with Crippen LogP contribution >= 0.6 is 0 Å². The van der Waals surface area contributed by atoms with Crippen LogP contribution in [0, 0.1) is 0 Å². The van der Waals surface area contributed by atoms with Crippen molar-refractivity contribution in [1.29, 1.82) is 0 Å². The molecule has 1 saturated heterocycles. The third-order valence-electron chi connectivity index (χ3n) is 5.54. The number of piperazine rings is 1. The van der Waals surface area contributed by atoms with Gasteiger partial charge < -0.3 is 19.6 Å². The lowest BCUT2D eigenvalue weighted by atomic mass is 10.1. The van der Waals surface area contributed by atoms with Crippen LogP contribution in [-0.2, 0) is 6.54 Å². The summed E-state index contributed by atoms with van der Waals surface area (Å²) in [6, 6.07) is 6.17. The largest absolute Gasteiger partial charge is 0.573 e. The number of hydrogen-bond donors (Lipinski definition) is 1. The zero-order valence-corrected chi connectivity index (χ0v) is 18.2. The predicted molar refractivity (Wildman–Crippen MR) is 115 cm³/mol. The van der Waals surface area contributed by atoms with Crippen LogP contribution in [0.15, 0.2) is 53.7 Å². The Hall–Kier alpha value is -3.80. The smallest absolute Gasteiger partial charge is 0.493 e. The summed E-state index contributed by atoms with van der Waals surface area (Å²) in [7, 11) is 1.98. The molecule has 3 heterocycles. The second-order valence-electron chi connectivity index (χ2n) is 7.90. The zero-order chi connectivity index (χ0) is 24.5. The molecule has 0 aliphatic carbocycles. The van der Waals surface area contributed by atoms with Crippen LogP contribution in [0.5, 0.6) is 11.6 Å². The third kappa shape index (κ3) is 5.06. The van der Waals surface area contributed by atoms with Gasteiger partial charge in [0.1, 0.15) is 5.75 Å². The molecule has 34 heavy (non-hydrogen) atoms. The van der Waals surface area contributed by atoms with Crippen LogP contribution in [0.2, 0.25) is 0 Å². The Bertz CT molecular complexity index is 1230. The van der Waals surface area contributed by atoms with Gasteiger partial charge >= 0.3 is 12.1 Å². The van der Waals surface area contributed by atoms with Crippen molar-refractivity contribution >= 4 is 5.91 Å². The number of imidazole rings is 1. The summed E-state index contributed by atoms with van der Waals surface area (Å²) < 4.78 is 43.1. The zero-order valence-electron chi connectivity index (χ0n) is 18.2. The van der Waals surface area contributed by atoms with Gasteiger partial charge in [0.05, 0.1) is 24.0 Å². The maximum Gasteiger partial charge on any atom is 0.573 e. The van der Waals surface area contributed by atoms with E-state index in [2.05, 4.69) is 14.6 Å². The minimum atomic E-state index is -4.84. The van der Waals surface area contributed by atoms with Crippen molar-refractivity contribution in [2.24, 2.45) is 0 Å². The summed E-state index contributed by atoms with van der Waals surface area (Å²) in [4.78, 5) is 33.9. The molecular weight excluding hydrogens is 455 g/mol. The minimum absolute atomic E-state index is 0.00794. The number of alkyl halides is 3. The van der Waals surface area contributed by atoms with E-state index in [1.54, 1.807) is 11.0 Å². The highest BCUT2D eigenvalue weighted by Gasteiger charge is 2.31. The standard InChI is InChI=1S/C22H22F3N5O4/c1-27-8-10-28(11-9-27)20(32)18-12-26-7-6-15(18)13-29-14-19(31)30(21(29)33)16-2-4-17(5-3-16)34-22(23,24)25/h2-7,12,14,31H,8-11,13H2,1H3. The van der Waals surface area contributed by atoms with Gasteiger partial charge in [-0.05, 0) is 42.9 Å². The van der Waals surface area contributed by atoms with E-state index in [9.17, 15) is 27.9 Å². The van der Waals surface area contributed by atoms with Gasteiger partial charge in [0.25, 0.3) is 5.91 Å². The monoisotopic (exact) mass is 477 g/mol. The van der Waals surface area contributed by atoms with Crippen LogP contribution in [0.4, 0.5) is 13.2 Å². The van der Waals surface area contributed by atoms with Crippen LogP contribution in [0.1, 0.15) is 15.9 Å². The molecule has 12 heteroatoms. The first-order chi connectivity index (χ1) is 16.1. The van der Waals surface area contributed by atoms with E-state index >= 15 is 0 Å². The maximum absolute atomic E-state index is 13.1. The normalized spacial score (nSPS) is 14.9. The lowest BCUT2D eigenvalue weighted by molar-refractivity contribution is -0.274. The molecule has 1 N–H and O–H groups in total. The average Bonchev–Trinajstić information content (AvgIpc) is 3.06. The lowest BCUT2D eigenvalue weighted by Gasteiger charge is -2.32. The number of nitrogens with zero attached hydrogens (tertiary/aromatic N) is 5. The number of ether oxygens (including phenoxy) is 1. The molecule has 0 saturated carbocycles. The molecule has 0 bridgehead atoms. The quantitative estimate of drug-likeness (QED) is 0.605. The number of carbonyl (C=O) groups excluding carboxylic acids is 1. The SMILES string of the molecule is CN1CCN(C(=O)c2cnccc2Cn2cc(O)n(-c3ccc(OC(F)(F)F)cc3)c2=O)CC1. The molecule has 1 aromatic carbocycles. The molecule has 3 aromatic rings. The first-order valence-electron chi connectivity index (χ1n) is 10.4. The molecule has 1 aliphatic heterocycles. The lowest BCUT2D eigenvalue weighted by Crippen LogP contribution is -2.47. The fraction of sp³-hybridized carbons (Fsp3) is 0.318. The number of amides is 1. The Morgan fingerprint density at radius 1 is 1.12 bits per heavy atom. The number of benzene rings is 1. The summed E-state index contributed by atoms with van der Waals surface area (Å²) in [5.41, 5.74) is 0.433. The molecule has 180 valence electrons. The highest BCUT2D eigenvalue weighted by molar-refractivity contribution is 5.95. The van der Waals surface area contributed by atoms with E-state index in [1.807, 2.05) is 7.05 Å². The second kappa shape index (κ2) is 9.21. The third-order valence-corrected chi connectivity index (χ3v) is 5.54. The number of carbonyl (C=O) groups is 1. The van der Waals surface area contributed by atoms with Gasteiger partial charge in [-0.2, -0.15) is 0 Å². The fourth-order valence-electron chi connectivity index (χ4n) is 3.75. The van der Waals surface area contributed by atoms with Gasteiger partial charge in [-0.3, -0.25) is 14.3 Å². The summed E-state index contributed by atoms with van der Waals surface area (Å²) in [6.07, 6.45) is -0.671. The van der Waals surface area contributed by atoms with Crippen molar-refractivity contribution in [1.82, 2.24) is 23.9 Å². The van der Waals surface area contributed by atoms with Crippen molar-refractivity contribution < 1.29 is 27.8 Å². The Labute approximate surface area is 192 Å². The minimum Gasteiger partial charge on any atom is -0.493 e. The Balaban J connectivity index is 1.58. The molecule has 2 aromatic heterocycles. The molecule has 0 spiro atoms. The van der Waals surface area contributed by atoms with E-state index in [-0.39, 0.29) is 18.1 Å². The van der Waals surface area contributed by atoms with Gasteiger partial charge in [0.2, 0.25) is 5.88 Å². The summed E-state index contributed by atoms with van der Waals surface area (Å²) in [6.45, 7) is 2.66. The molecule has 1 amide bonds. The topological polar surface area (TPSA) is 92.8 Å². The molecule has 0 unspecified atom stereocenters. The van der Waals surface area contributed by atoms with Crippen molar-refractivity contribution in [3.8, 4) is 17.3 Å². The predicted octanol–water partition coefficient (Wildman–Crippen LogP) is 2.07. The first kappa shape index (κ1) is 23.4. The summed E-state index contributed by atoms with van der Waals surface area (Å²) >= 11 is 0. The van der Waals surface area contributed by atoms with E-state index in [0.29, 0.717) is 24.2 Å². The Morgan fingerprint density at radius 2 is 1.79 bits per heavy atom. The van der Waals surface area contributed by atoms with Crippen LogP contribution in [0.3, 0.4) is 0 Å². The summed E-state index contributed by atoms with van der Waals surface area (Å²) in [5.74, 6) is -1.05. The maximum atomic E-state index is 13.1. The van der Waals surface area contributed by atoms with Crippen LogP contribution in [0.25, 0.3) is 5.69 Å². The van der Waals surface area contributed by atoms with Gasteiger partial charge in [-0.1, -0.05) is 0 Å². The molecule has 1 fully saturated rings. The van der Waals surface area contributed by atoms with Crippen LogP contribution in [-0.4, -0.2) is 74.5 Å². The summed E-state index contributed by atoms with van der Waals surface area (Å²) in [5, 5.41) is 10.3. The van der Waals surface area contributed by atoms with Crippen molar-refractivity contribution in [3.05, 3.63) is 70.5 Å². The molecule has 0 atom stereocenters. The number of aromatic hydroxyl groups is 1. The van der Waals surface area contributed by atoms with Gasteiger partial charge in [-0.25, -0.2) is 9.36 Å². The van der Waals surface area contributed by atoms with Crippen LogP contribution < -0.4 is 10.4 Å². The molecule has 1 aliphatic rings. The second-order valence-corrected chi connectivity index (χ2v) is 7.90. The number of likely N-dealkylation sites (N-methyl/N-ethyl adjacent to an activating group) is 1. The highest BCUT2D eigenvalue weighted by Crippen LogP contribution is 2.25. The Kier molecular flexibility index (Phi) is 6.33. The average molecular weight is 477 g/mol. The van der Waals surface area contributed by atoms with Crippen molar-refractivity contribution in [3.63, 3.8) is 0 Å². The number of pyridine rings is 1. The molecular formula is C22H22F3N5O4. The van der Waals surface area contributed by atoms with E-state index in [1.165, 1.54) is 35.3 Å². The fourth-order valence-corrected chi connectivity index (χ4v) is 3.75. The highest BCUT2D eigenvalue weighted by atomic mass is 19.4. The molecule has 9 nitrogen and oxygen atoms in total. The van der Waals surface area contributed by atoms with E-state index < -0.39 is 23.7 Å². The number of aromatic nitrogens is 3. The number of rotatable bonds is 5. The Morgan fingerprint density at radius 3 is 2.44 bits per heavy atom. The van der Waals surface area contributed by atoms with Crippen molar-refractivity contribution in [2.75, 3.05) is 33.2 Å². The van der Waals surface area contributed by atoms with Crippen molar-refractivity contribution in [2.45, 2.75) is 12.9 Å². The van der Waals surface area contributed by atoms with Gasteiger partial charge in [0, 0.05) is 38.6 Å². The number of halogens is 3. The molecule has 4 rings (SSSR count). The van der Waals surface area contributed by atoms with E-state index in [0.717, 1.165) is 29.8 Å². The number of hydrogen-bond acceptors (Lipinski definition) is 6. The first-order valence-corrected chi connectivity index (χ1v) is 10.4. The van der Waals surface area contributed by atoms with Gasteiger partial charge in [0.15, 0.2) is 0 Å². The van der Waals surface area contributed by atoms with E-state index in [4.69, 9.17) is 0 Å². The molecule has 0 radical (unpaired) electrons. The van der Waals surface area contributed by atoms with Gasteiger partial charge in [-0.15, -0.1) is 13.2 Å².